The van der Waals surface area contributed by atoms with Crippen molar-refractivity contribution in [1.82, 2.24) is 0 Å². The van der Waals surface area contributed by atoms with Crippen LogP contribution in [0.5, 0.6) is 0 Å². The van der Waals surface area contributed by atoms with E-state index >= 15 is 0 Å². The van der Waals surface area contributed by atoms with E-state index in [0.29, 0.717) is 29.1 Å². The van der Waals surface area contributed by atoms with E-state index in [9.17, 15) is 14.4 Å². The van der Waals surface area contributed by atoms with E-state index < -0.39 is 11.9 Å². The van der Waals surface area contributed by atoms with Gasteiger partial charge in [-0.1, -0.05) is 6.07 Å². The normalized spacial score (nSPS) is 15.8. The summed E-state index contributed by atoms with van der Waals surface area (Å²) in [5.74, 6) is -1.34. The van der Waals surface area contributed by atoms with Crippen molar-refractivity contribution in [2.45, 2.75) is 13.3 Å². The number of carbonyl (C=O) groups is 3. The summed E-state index contributed by atoms with van der Waals surface area (Å²) < 4.78 is 4.92. The third-order valence-electron chi connectivity index (χ3n) is 4.45. The van der Waals surface area contributed by atoms with Crippen LogP contribution < -0.4 is 10.2 Å². The van der Waals surface area contributed by atoms with Crippen LogP contribution in [0.2, 0.25) is 0 Å². The number of nitrogens with zero attached hydrogens (tertiary/aromatic N) is 2. The van der Waals surface area contributed by atoms with Crippen molar-refractivity contribution in [3.8, 4) is 6.07 Å². The molecule has 0 spiro atoms. The minimum atomic E-state index is -0.497. The van der Waals surface area contributed by atoms with Gasteiger partial charge < -0.3 is 15.0 Å². The smallest absolute Gasteiger partial charge is 0.338 e. The van der Waals surface area contributed by atoms with Crippen molar-refractivity contribution < 1.29 is 19.1 Å². The van der Waals surface area contributed by atoms with Crippen molar-refractivity contribution >= 4 is 29.2 Å². The predicted molar refractivity (Wildman–Crippen MR) is 103 cm³/mol. The molecular formula is C21H19N3O4. The van der Waals surface area contributed by atoms with E-state index in [1.807, 2.05) is 6.07 Å². The molecule has 7 nitrogen and oxygen atoms in total. The van der Waals surface area contributed by atoms with Gasteiger partial charge in [0.15, 0.2) is 0 Å². The number of anilines is 2. The molecule has 28 heavy (non-hydrogen) atoms. The van der Waals surface area contributed by atoms with Crippen LogP contribution in [-0.2, 0) is 14.3 Å². The van der Waals surface area contributed by atoms with Crippen molar-refractivity contribution in [2.75, 3.05) is 23.4 Å². The molecule has 1 unspecified atom stereocenters. The molecular weight excluding hydrogens is 358 g/mol. The average molecular weight is 377 g/mol. The second kappa shape index (κ2) is 8.35. The minimum Gasteiger partial charge on any atom is -0.462 e. The molecule has 1 fully saturated rings. The van der Waals surface area contributed by atoms with E-state index in [1.54, 1.807) is 55.5 Å². The molecule has 1 aliphatic rings. The van der Waals surface area contributed by atoms with Crippen molar-refractivity contribution in [3.63, 3.8) is 0 Å². The Labute approximate surface area is 162 Å². The number of hydrogen-bond acceptors (Lipinski definition) is 5. The molecule has 7 heteroatoms. The van der Waals surface area contributed by atoms with Gasteiger partial charge in [0, 0.05) is 24.3 Å². The van der Waals surface area contributed by atoms with Crippen molar-refractivity contribution in [3.05, 3.63) is 59.7 Å². The van der Waals surface area contributed by atoms with Gasteiger partial charge in [-0.2, -0.15) is 5.26 Å². The van der Waals surface area contributed by atoms with Gasteiger partial charge in [-0.25, -0.2) is 4.79 Å². The van der Waals surface area contributed by atoms with Crippen LogP contribution in [0.3, 0.4) is 0 Å². The molecule has 1 saturated heterocycles. The summed E-state index contributed by atoms with van der Waals surface area (Å²) in [7, 11) is 0. The fraction of sp³-hybridized carbons (Fsp3) is 0.238. The zero-order chi connectivity index (χ0) is 20.1. The Morgan fingerprint density at radius 3 is 2.68 bits per heavy atom. The number of amides is 2. The number of nitrogens with one attached hydrogen (secondary N) is 1. The minimum absolute atomic E-state index is 0.101. The number of hydrogen-bond donors (Lipinski definition) is 1. The first-order valence-electron chi connectivity index (χ1n) is 8.90. The standard InChI is InChI=1S/C21H19N3O4/c1-2-28-21(27)15-6-8-17(9-7-15)23-20(26)16-11-19(25)24(13-16)18-5-3-4-14(10-18)12-22/h3-10,16H,2,11,13H2,1H3,(H,23,26). The summed E-state index contributed by atoms with van der Waals surface area (Å²) in [5, 5.41) is 11.8. The summed E-state index contributed by atoms with van der Waals surface area (Å²) in [6.45, 7) is 2.27. The van der Waals surface area contributed by atoms with Crippen LogP contribution in [0.1, 0.15) is 29.3 Å². The third kappa shape index (κ3) is 4.18. The van der Waals surface area contributed by atoms with Gasteiger partial charge in [0.05, 0.1) is 29.7 Å². The van der Waals surface area contributed by atoms with E-state index in [0.717, 1.165) is 0 Å². The number of ether oxygens (including phenoxy) is 1. The van der Waals surface area contributed by atoms with Crippen LogP contribution >= 0.6 is 0 Å². The van der Waals surface area contributed by atoms with Crippen LogP contribution in [0, 0.1) is 17.2 Å². The van der Waals surface area contributed by atoms with E-state index in [-0.39, 0.29) is 24.8 Å². The molecule has 2 aromatic carbocycles. The van der Waals surface area contributed by atoms with Gasteiger partial charge in [-0.05, 0) is 49.4 Å². The lowest BCUT2D eigenvalue weighted by atomic mass is 10.1. The molecule has 0 bridgehead atoms. The van der Waals surface area contributed by atoms with Crippen molar-refractivity contribution in [1.29, 1.82) is 5.26 Å². The molecule has 0 aliphatic carbocycles. The van der Waals surface area contributed by atoms with Gasteiger partial charge in [0.2, 0.25) is 11.8 Å². The Morgan fingerprint density at radius 2 is 2.00 bits per heavy atom. The fourth-order valence-electron chi connectivity index (χ4n) is 3.02. The maximum atomic E-state index is 12.5. The fourth-order valence-corrected chi connectivity index (χ4v) is 3.02. The molecule has 0 saturated carbocycles. The summed E-state index contributed by atoms with van der Waals surface area (Å²) in [6, 6.07) is 15.2. The van der Waals surface area contributed by atoms with Crippen LogP contribution in [0.4, 0.5) is 11.4 Å². The largest absolute Gasteiger partial charge is 0.462 e. The second-order valence-electron chi connectivity index (χ2n) is 6.35. The van der Waals surface area contributed by atoms with Crippen LogP contribution in [0.25, 0.3) is 0 Å². The van der Waals surface area contributed by atoms with Gasteiger partial charge in [-0.15, -0.1) is 0 Å². The highest BCUT2D eigenvalue weighted by molar-refractivity contribution is 6.03. The molecule has 1 atom stereocenters. The molecule has 3 rings (SSSR count). The first-order chi connectivity index (χ1) is 13.5. The Hall–Kier alpha value is -3.66. The zero-order valence-electron chi connectivity index (χ0n) is 15.3. The zero-order valence-corrected chi connectivity index (χ0v) is 15.3. The second-order valence-corrected chi connectivity index (χ2v) is 6.35. The van der Waals surface area contributed by atoms with E-state index in [2.05, 4.69) is 5.32 Å². The van der Waals surface area contributed by atoms with Gasteiger partial charge in [0.1, 0.15) is 0 Å². The summed E-state index contributed by atoms with van der Waals surface area (Å²) in [6.07, 6.45) is 0.101. The molecule has 0 aromatic heterocycles. The lowest BCUT2D eigenvalue weighted by molar-refractivity contribution is -0.122. The topological polar surface area (TPSA) is 99.5 Å². The molecule has 142 valence electrons. The molecule has 2 amide bonds. The van der Waals surface area contributed by atoms with Crippen LogP contribution in [0.15, 0.2) is 48.5 Å². The monoisotopic (exact) mass is 377 g/mol. The first-order valence-corrected chi connectivity index (χ1v) is 8.90. The maximum Gasteiger partial charge on any atom is 0.338 e. The summed E-state index contributed by atoms with van der Waals surface area (Å²) in [4.78, 5) is 38.1. The Morgan fingerprint density at radius 1 is 1.25 bits per heavy atom. The van der Waals surface area contributed by atoms with Crippen molar-refractivity contribution in [2.24, 2.45) is 5.92 Å². The Bertz CT molecular complexity index is 947. The molecule has 2 aromatic rings. The number of benzene rings is 2. The molecule has 1 heterocycles. The number of rotatable bonds is 5. The molecule has 0 radical (unpaired) electrons. The quantitative estimate of drug-likeness (QED) is 0.808. The predicted octanol–water partition coefficient (Wildman–Crippen LogP) is 2.73. The molecule has 1 N–H and O–H groups in total. The van der Waals surface area contributed by atoms with Gasteiger partial charge in [0.25, 0.3) is 0 Å². The van der Waals surface area contributed by atoms with E-state index in [4.69, 9.17) is 10.00 Å². The average Bonchev–Trinajstić information content (AvgIpc) is 3.10. The SMILES string of the molecule is CCOC(=O)c1ccc(NC(=O)C2CC(=O)N(c3cccc(C#N)c3)C2)cc1. The lowest BCUT2D eigenvalue weighted by Gasteiger charge is -2.17. The maximum absolute atomic E-state index is 12.5. The summed E-state index contributed by atoms with van der Waals surface area (Å²) in [5.41, 5.74) is 2.01. The Kier molecular flexibility index (Phi) is 5.70. The highest BCUT2D eigenvalue weighted by Crippen LogP contribution is 2.26. The third-order valence-corrected chi connectivity index (χ3v) is 4.45. The van der Waals surface area contributed by atoms with Gasteiger partial charge in [-0.3, -0.25) is 9.59 Å². The van der Waals surface area contributed by atoms with Gasteiger partial charge >= 0.3 is 5.97 Å². The first kappa shape index (κ1) is 19.1. The molecule has 1 aliphatic heterocycles. The van der Waals surface area contributed by atoms with Crippen LogP contribution in [-0.4, -0.2) is 30.9 Å². The van der Waals surface area contributed by atoms with E-state index in [1.165, 1.54) is 4.90 Å². The number of esters is 1. The Balaban J connectivity index is 1.64. The number of carbonyl (C=O) groups excluding carboxylic acids is 3. The highest BCUT2D eigenvalue weighted by Gasteiger charge is 2.35. The highest BCUT2D eigenvalue weighted by atomic mass is 16.5. The lowest BCUT2D eigenvalue weighted by Crippen LogP contribution is -2.28. The summed E-state index contributed by atoms with van der Waals surface area (Å²) >= 11 is 0. The number of nitriles is 1.